The van der Waals surface area contributed by atoms with Crippen molar-refractivity contribution in [2.45, 2.75) is 20.4 Å². The first kappa shape index (κ1) is 13.9. The third kappa shape index (κ3) is 2.56. The molecule has 0 atom stereocenters. The van der Waals surface area contributed by atoms with Gasteiger partial charge in [0, 0.05) is 12.1 Å². The number of hydrogen-bond donors (Lipinski definition) is 3. The van der Waals surface area contributed by atoms with Gasteiger partial charge >= 0.3 is 5.97 Å². The smallest absolute Gasteiger partial charge is 0.338 e. The van der Waals surface area contributed by atoms with E-state index in [4.69, 9.17) is 15.4 Å². The van der Waals surface area contributed by atoms with Gasteiger partial charge in [-0.3, -0.25) is 0 Å². The normalized spacial score (nSPS) is 10.6. The molecule has 0 aliphatic rings. The lowest BCUT2D eigenvalue weighted by Crippen LogP contribution is -2.08. The fourth-order valence-electron chi connectivity index (χ4n) is 1.84. The second kappa shape index (κ2) is 5.20. The molecule has 0 saturated heterocycles. The van der Waals surface area contributed by atoms with Crippen LogP contribution in [0.4, 0.5) is 15.8 Å². The molecule has 1 heterocycles. The Morgan fingerprint density at radius 3 is 2.75 bits per heavy atom. The largest absolute Gasteiger partial charge is 0.478 e. The molecule has 7 heteroatoms. The van der Waals surface area contributed by atoms with Gasteiger partial charge in [0.2, 0.25) is 0 Å². The van der Waals surface area contributed by atoms with E-state index in [-0.39, 0.29) is 5.69 Å². The van der Waals surface area contributed by atoms with Crippen molar-refractivity contribution in [2.24, 2.45) is 0 Å². The van der Waals surface area contributed by atoms with Crippen molar-refractivity contribution in [3.05, 3.63) is 40.5 Å². The lowest BCUT2D eigenvalue weighted by atomic mass is 10.1. The van der Waals surface area contributed by atoms with Crippen molar-refractivity contribution in [2.75, 3.05) is 11.1 Å². The average Bonchev–Trinajstić information content (AvgIpc) is 2.69. The molecule has 6 nitrogen and oxygen atoms in total. The molecule has 106 valence electrons. The molecule has 0 radical (unpaired) electrons. The van der Waals surface area contributed by atoms with E-state index in [2.05, 4.69) is 10.5 Å². The maximum Gasteiger partial charge on any atom is 0.338 e. The van der Waals surface area contributed by atoms with Gasteiger partial charge in [-0.25, -0.2) is 9.18 Å². The van der Waals surface area contributed by atoms with Crippen LogP contribution in [-0.2, 0) is 6.54 Å². The highest BCUT2D eigenvalue weighted by Gasteiger charge is 2.14. The van der Waals surface area contributed by atoms with E-state index in [1.54, 1.807) is 13.8 Å². The number of benzene rings is 1. The summed E-state index contributed by atoms with van der Waals surface area (Å²) in [5.74, 6) is -1.53. The number of nitrogens with one attached hydrogen (secondary N) is 1. The van der Waals surface area contributed by atoms with Gasteiger partial charge in [0.25, 0.3) is 0 Å². The number of nitrogens with two attached hydrogens (primary N) is 1. The van der Waals surface area contributed by atoms with E-state index in [9.17, 15) is 9.18 Å². The molecule has 0 unspecified atom stereocenters. The number of nitrogens with zero attached hydrogens (tertiary/aromatic N) is 1. The van der Waals surface area contributed by atoms with Crippen LogP contribution < -0.4 is 11.1 Å². The van der Waals surface area contributed by atoms with Crippen LogP contribution in [-0.4, -0.2) is 16.2 Å². The van der Waals surface area contributed by atoms with Crippen LogP contribution in [0.15, 0.2) is 16.7 Å². The van der Waals surface area contributed by atoms with Gasteiger partial charge in [0.15, 0.2) is 0 Å². The van der Waals surface area contributed by atoms with Crippen LogP contribution in [0.2, 0.25) is 0 Å². The van der Waals surface area contributed by atoms with Gasteiger partial charge in [-0.05, 0) is 26.0 Å². The van der Waals surface area contributed by atoms with E-state index in [0.717, 1.165) is 23.4 Å². The Kier molecular flexibility index (Phi) is 3.60. The third-order valence-electron chi connectivity index (χ3n) is 3.01. The van der Waals surface area contributed by atoms with Crippen molar-refractivity contribution in [1.29, 1.82) is 0 Å². The number of anilines is 2. The van der Waals surface area contributed by atoms with Crippen molar-refractivity contribution in [1.82, 2.24) is 5.16 Å². The molecule has 4 N–H and O–H groups in total. The molecule has 2 rings (SSSR count). The van der Waals surface area contributed by atoms with Gasteiger partial charge < -0.3 is 20.7 Å². The first-order chi connectivity index (χ1) is 9.40. The summed E-state index contributed by atoms with van der Waals surface area (Å²) in [7, 11) is 0. The first-order valence-electron chi connectivity index (χ1n) is 5.88. The molecule has 0 fully saturated rings. The van der Waals surface area contributed by atoms with Crippen molar-refractivity contribution < 1.29 is 18.8 Å². The Hall–Kier alpha value is -2.57. The van der Waals surface area contributed by atoms with Crippen LogP contribution in [0, 0.1) is 19.7 Å². The Bertz CT molecular complexity index is 648. The summed E-state index contributed by atoms with van der Waals surface area (Å²) in [5, 5.41) is 15.6. The van der Waals surface area contributed by atoms with Gasteiger partial charge in [0.05, 0.1) is 22.6 Å². The summed E-state index contributed by atoms with van der Waals surface area (Å²) in [5.41, 5.74) is 7.33. The molecular formula is C13H14FN3O3. The molecule has 20 heavy (non-hydrogen) atoms. The topological polar surface area (TPSA) is 101 Å². The Morgan fingerprint density at radius 2 is 2.20 bits per heavy atom. The maximum absolute atomic E-state index is 13.6. The van der Waals surface area contributed by atoms with Crippen molar-refractivity contribution in [3.8, 4) is 0 Å². The van der Waals surface area contributed by atoms with Gasteiger partial charge in [-0.2, -0.15) is 0 Å². The zero-order valence-corrected chi connectivity index (χ0v) is 11.0. The molecular weight excluding hydrogens is 265 g/mol. The summed E-state index contributed by atoms with van der Waals surface area (Å²) in [6, 6.07) is 2.16. The number of nitrogen functional groups attached to an aromatic ring is 1. The van der Waals surface area contributed by atoms with E-state index in [0.29, 0.717) is 18.0 Å². The van der Waals surface area contributed by atoms with E-state index < -0.39 is 17.3 Å². The van der Waals surface area contributed by atoms with Crippen LogP contribution in [0.5, 0.6) is 0 Å². The molecule has 1 aromatic heterocycles. The minimum Gasteiger partial charge on any atom is -0.478 e. The number of halogens is 1. The maximum atomic E-state index is 13.6. The lowest BCUT2D eigenvalue weighted by molar-refractivity contribution is 0.0692. The molecule has 2 aromatic rings. The Balaban J connectivity index is 2.23. The Morgan fingerprint density at radius 1 is 1.50 bits per heavy atom. The first-order valence-corrected chi connectivity index (χ1v) is 5.88. The van der Waals surface area contributed by atoms with Crippen molar-refractivity contribution in [3.63, 3.8) is 0 Å². The molecule has 0 bridgehead atoms. The quantitative estimate of drug-likeness (QED) is 0.742. The van der Waals surface area contributed by atoms with E-state index in [1.807, 2.05) is 0 Å². The third-order valence-corrected chi connectivity index (χ3v) is 3.01. The molecule has 0 saturated carbocycles. The predicted molar refractivity (Wildman–Crippen MR) is 71.1 cm³/mol. The summed E-state index contributed by atoms with van der Waals surface area (Å²) in [6.07, 6.45) is 0. The van der Waals surface area contributed by atoms with Crippen LogP contribution in [0.3, 0.4) is 0 Å². The van der Waals surface area contributed by atoms with Gasteiger partial charge in [-0.1, -0.05) is 5.16 Å². The molecule has 0 aliphatic carbocycles. The number of aryl methyl sites for hydroxylation is 2. The summed E-state index contributed by atoms with van der Waals surface area (Å²) >= 11 is 0. The highest BCUT2D eigenvalue weighted by atomic mass is 19.1. The average molecular weight is 279 g/mol. The number of aromatic carboxylic acids is 1. The van der Waals surface area contributed by atoms with Crippen molar-refractivity contribution >= 4 is 17.3 Å². The molecule has 0 amide bonds. The minimum atomic E-state index is -1.36. The standard InChI is InChI=1S/C13H14FN3O3/c1-6-9(7(2)20-17-6)5-16-12-4-10(14)8(13(18)19)3-11(12)15/h3-4,16H,5,15H2,1-2H3,(H,18,19). The number of hydrogen-bond acceptors (Lipinski definition) is 5. The number of carboxylic acids is 1. The fourth-order valence-corrected chi connectivity index (χ4v) is 1.84. The van der Waals surface area contributed by atoms with Crippen LogP contribution in [0.1, 0.15) is 27.4 Å². The highest BCUT2D eigenvalue weighted by Crippen LogP contribution is 2.24. The minimum absolute atomic E-state index is 0.163. The second-order valence-corrected chi connectivity index (χ2v) is 4.38. The Labute approximate surface area is 114 Å². The van der Waals surface area contributed by atoms with Gasteiger partial charge in [-0.15, -0.1) is 0 Å². The fraction of sp³-hybridized carbons (Fsp3) is 0.231. The number of rotatable bonds is 4. The zero-order valence-electron chi connectivity index (χ0n) is 11.0. The van der Waals surface area contributed by atoms with Crippen LogP contribution >= 0.6 is 0 Å². The summed E-state index contributed by atoms with van der Waals surface area (Å²) < 4.78 is 18.6. The van der Waals surface area contributed by atoms with Gasteiger partial charge in [0.1, 0.15) is 11.6 Å². The predicted octanol–water partition coefficient (Wildman–Crippen LogP) is 2.32. The monoisotopic (exact) mass is 279 g/mol. The zero-order chi connectivity index (χ0) is 14.9. The second-order valence-electron chi connectivity index (χ2n) is 4.38. The summed E-state index contributed by atoms with van der Waals surface area (Å²) in [6.45, 7) is 3.93. The molecule has 0 aliphatic heterocycles. The number of aromatic nitrogens is 1. The number of carboxylic acid groups (broad SMARTS) is 1. The molecule has 0 spiro atoms. The number of carbonyl (C=O) groups is 1. The summed E-state index contributed by atoms with van der Waals surface area (Å²) in [4.78, 5) is 10.8. The SMILES string of the molecule is Cc1noc(C)c1CNc1cc(F)c(C(=O)O)cc1N. The van der Waals surface area contributed by atoms with Crippen LogP contribution in [0.25, 0.3) is 0 Å². The lowest BCUT2D eigenvalue weighted by Gasteiger charge is -2.10. The van der Waals surface area contributed by atoms with E-state index in [1.165, 1.54) is 0 Å². The highest BCUT2D eigenvalue weighted by molar-refractivity contribution is 5.90. The van der Waals surface area contributed by atoms with E-state index >= 15 is 0 Å². The molecule has 1 aromatic carbocycles.